The zero-order valence-electron chi connectivity index (χ0n) is 14.3. The van der Waals surface area contributed by atoms with Gasteiger partial charge in [0, 0.05) is 23.4 Å². The summed E-state index contributed by atoms with van der Waals surface area (Å²) in [5, 5.41) is 7.73. The minimum Gasteiger partial charge on any atom is -0.493 e. The average molecular weight is 392 g/mol. The molecule has 0 unspecified atom stereocenters. The van der Waals surface area contributed by atoms with Crippen LogP contribution in [-0.2, 0) is 0 Å². The fourth-order valence-electron chi connectivity index (χ4n) is 2.96. The molecule has 0 radical (unpaired) electrons. The molecule has 1 fully saturated rings. The second-order valence-corrected chi connectivity index (χ2v) is 5.83. The van der Waals surface area contributed by atoms with E-state index in [0.29, 0.717) is 24.0 Å². The molecule has 144 valence electrons. The zero-order valence-corrected chi connectivity index (χ0v) is 15.1. The summed E-state index contributed by atoms with van der Waals surface area (Å²) in [5.74, 6) is 0.0413. The van der Waals surface area contributed by atoms with Crippen LogP contribution < -0.4 is 14.8 Å². The van der Waals surface area contributed by atoms with Crippen molar-refractivity contribution in [3.8, 4) is 22.6 Å². The van der Waals surface area contributed by atoms with Crippen molar-refractivity contribution in [2.24, 2.45) is 0 Å². The van der Waals surface area contributed by atoms with E-state index < -0.39 is 6.36 Å². The zero-order chi connectivity index (χ0) is 17.9. The van der Waals surface area contributed by atoms with Gasteiger partial charge in [0.05, 0.1) is 18.8 Å². The molecule has 0 saturated carbocycles. The molecule has 1 aromatic heterocycles. The van der Waals surface area contributed by atoms with E-state index in [4.69, 9.17) is 4.74 Å². The molecule has 26 heavy (non-hydrogen) atoms. The van der Waals surface area contributed by atoms with E-state index in [2.05, 4.69) is 15.2 Å². The van der Waals surface area contributed by atoms with Crippen LogP contribution in [0.25, 0.3) is 11.1 Å². The molecule has 1 aliphatic heterocycles. The van der Waals surface area contributed by atoms with Gasteiger partial charge in [-0.3, -0.25) is 4.68 Å². The number of rotatable bonds is 5. The number of nitrogens with zero attached hydrogens (tertiary/aromatic N) is 2. The van der Waals surface area contributed by atoms with Crippen LogP contribution in [0.3, 0.4) is 0 Å². The molecule has 1 aliphatic rings. The van der Waals surface area contributed by atoms with Crippen LogP contribution >= 0.6 is 12.4 Å². The maximum absolute atomic E-state index is 12.4. The molecule has 1 saturated heterocycles. The van der Waals surface area contributed by atoms with Gasteiger partial charge in [-0.1, -0.05) is 0 Å². The Balaban J connectivity index is 0.00000243. The Hall–Kier alpha value is -1.93. The van der Waals surface area contributed by atoms with Gasteiger partial charge in [-0.25, -0.2) is 0 Å². The molecular weight excluding hydrogens is 371 g/mol. The third-order valence-corrected chi connectivity index (χ3v) is 4.08. The van der Waals surface area contributed by atoms with E-state index in [0.717, 1.165) is 31.5 Å². The van der Waals surface area contributed by atoms with E-state index in [1.807, 2.05) is 10.9 Å². The van der Waals surface area contributed by atoms with Crippen molar-refractivity contribution in [2.75, 3.05) is 19.7 Å². The Morgan fingerprint density at radius 1 is 1.27 bits per heavy atom. The first-order chi connectivity index (χ1) is 12.0. The Morgan fingerprint density at radius 2 is 2.00 bits per heavy atom. The fourth-order valence-corrected chi connectivity index (χ4v) is 2.96. The largest absolute Gasteiger partial charge is 0.573 e. The number of aromatic nitrogens is 2. The molecule has 1 aromatic carbocycles. The monoisotopic (exact) mass is 391 g/mol. The number of nitrogens with one attached hydrogen (secondary N) is 1. The normalized spacial score (nSPS) is 15.4. The molecule has 0 amide bonds. The van der Waals surface area contributed by atoms with E-state index in [9.17, 15) is 13.2 Å². The molecule has 0 aliphatic carbocycles. The number of alkyl halides is 3. The Kier molecular flexibility index (Phi) is 6.77. The molecule has 2 aromatic rings. The number of hydrogen-bond donors (Lipinski definition) is 1. The smallest absolute Gasteiger partial charge is 0.493 e. The predicted molar refractivity (Wildman–Crippen MR) is 93.9 cm³/mol. The van der Waals surface area contributed by atoms with Crippen LogP contribution in [0.4, 0.5) is 13.2 Å². The van der Waals surface area contributed by atoms with E-state index >= 15 is 0 Å². The van der Waals surface area contributed by atoms with Crippen molar-refractivity contribution < 1.29 is 22.6 Å². The maximum Gasteiger partial charge on any atom is 0.573 e. The van der Waals surface area contributed by atoms with Crippen molar-refractivity contribution in [1.29, 1.82) is 0 Å². The van der Waals surface area contributed by atoms with Crippen molar-refractivity contribution in [1.82, 2.24) is 15.1 Å². The Labute approximate surface area is 155 Å². The molecule has 0 spiro atoms. The third-order valence-electron chi connectivity index (χ3n) is 4.08. The minimum absolute atomic E-state index is 0. The van der Waals surface area contributed by atoms with Gasteiger partial charge in [0.25, 0.3) is 0 Å². The van der Waals surface area contributed by atoms with Crippen LogP contribution in [0.1, 0.15) is 25.8 Å². The lowest BCUT2D eigenvalue weighted by Gasteiger charge is -2.22. The number of halogens is 4. The average Bonchev–Trinajstić information content (AvgIpc) is 3.04. The number of ether oxygens (including phenoxy) is 2. The van der Waals surface area contributed by atoms with Gasteiger partial charge in [0.15, 0.2) is 0 Å². The van der Waals surface area contributed by atoms with E-state index in [-0.39, 0.29) is 18.2 Å². The quantitative estimate of drug-likeness (QED) is 0.830. The van der Waals surface area contributed by atoms with Crippen LogP contribution in [0, 0.1) is 0 Å². The summed E-state index contributed by atoms with van der Waals surface area (Å²) < 4.78 is 48.6. The van der Waals surface area contributed by atoms with Gasteiger partial charge in [-0.15, -0.1) is 25.6 Å². The van der Waals surface area contributed by atoms with Crippen molar-refractivity contribution in [2.45, 2.75) is 32.2 Å². The van der Waals surface area contributed by atoms with E-state index in [1.165, 1.54) is 12.1 Å². The standard InChI is InChI=1S/C17H20F3N3O2.ClH/c1-2-24-16-9-14(25-17(18,19)20)3-4-15(16)12-10-22-23(11-12)13-5-7-21-8-6-13;/h3-4,9-11,13,21H,2,5-8H2,1H3;1H. The lowest BCUT2D eigenvalue weighted by Crippen LogP contribution is -2.29. The summed E-state index contributed by atoms with van der Waals surface area (Å²) in [6.45, 7) is 4.02. The molecule has 3 rings (SSSR count). The lowest BCUT2D eigenvalue weighted by atomic mass is 10.1. The van der Waals surface area contributed by atoms with Crippen LogP contribution in [0.15, 0.2) is 30.6 Å². The summed E-state index contributed by atoms with van der Waals surface area (Å²) in [7, 11) is 0. The highest BCUT2D eigenvalue weighted by Crippen LogP contribution is 2.35. The highest BCUT2D eigenvalue weighted by Gasteiger charge is 2.31. The number of hydrogen-bond acceptors (Lipinski definition) is 4. The van der Waals surface area contributed by atoms with Crippen molar-refractivity contribution in [3.05, 3.63) is 30.6 Å². The van der Waals surface area contributed by atoms with E-state index in [1.54, 1.807) is 19.2 Å². The summed E-state index contributed by atoms with van der Waals surface area (Å²) in [4.78, 5) is 0. The molecule has 1 N–H and O–H groups in total. The van der Waals surface area contributed by atoms with Gasteiger partial charge in [0.2, 0.25) is 0 Å². The summed E-state index contributed by atoms with van der Waals surface area (Å²) in [6.07, 6.45) is 0.892. The van der Waals surface area contributed by atoms with Gasteiger partial charge in [0.1, 0.15) is 11.5 Å². The summed E-state index contributed by atoms with van der Waals surface area (Å²) in [6, 6.07) is 4.44. The first kappa shape index (κ1) is 20.4. The van der Waals surface area contributed by atoms with Crippen LogP contribution in [-0.4, -0.2) is 35.8 Å². The van der Waals surface area contributed by atoms with Gasteiger partial charge < -0.3 is 14.8 Å². The maximum atomic E-state index is 12.4. The molecule has 0 atom stereocenters. The molecular formula is C17H21ClF3N3O2. The lowest BCUT2D eigenvalue weighted by molar-refractivity contribution is -0.274. The van der Waals surface area contributed by atoms with Crippen molar-refractivity contribution >= 4 is 12.4 Å². The Morgan fingerprint density at radius 3 is 2.65 bits per heavy atom. The predicted octanol–water partition coefficient (Wildman–Crippen LogP) is 4.19. The number of piperidine rings is 1. The second kappa shape index (κ2) is 8.64. The van der Waals surface area contributed by atoms with Crippen LogP contribution in [0.5, 0.6) is 11.5 Å². The topological polar surface area (TPSA) is 48.3 Å². The highest BCUT2D eigenvalue weighted by atomic mass is 35.5. The minimum atomic E-state index is -4.73. The first-order valence-corrected chi connectivity index (χ1v) is 8.24. The van der Waals surface area contributed by atoms with Gasteiger partial charge >= 0.3 is 6.36 Å². The number of benzene rings is 1. The summed E-state index contributed by atoms with van der Waals surface area (Å²) in [5.41, 5.74) is 1.50. The SMILES string of the molecule is CCOc1cc(OC(F)(F)F)ccc1-c1cnn(C2CCNCC2)c1.Cl. The first-order valence-electron chi connectivity index (χ1n) is 8.24. The Bertz CT molecular complexity index is 716. The van der Waals surface area contributed by atoms with Gasteiger partial charge in [-0.2, -0.15) is 5.10 Å². The molecule has 0 bridgehead atoms. The third kappa shape index (κ3) is 5.04. The molecule has 9 heteroatoms. The fraction of sp³-hybridized carbons (Fsp3) is 0.471. The molecule has 5 nitrogen and oxygen atoms in total. The second-order valence-electron chi connectivity index (χ2n) is 5.83. The molecule has 2 heterocycles. The summed E-state index contributed by atoms with van der Waals surface area (Å²) >= 11 is 0. The van der Waals surface area contributed by atoms with Gasteiger partial charge in [-0.05, 0) is 45.0 Å². The highest BCUT2D eigenvalue weighted by molar-refractivity contribution is 5.85. The van der Waals surface area contributed by atoms with Crippen LogP contribution in [0.2, 0.25) is 0 Å². The van der Waals surface area contributed by atoms with Crippen molar-refractivity contribution in [3.63, 3.8) is 0 Å².